The molecule has 0 aromatic carbocycles. The number of ether oxygens (including phenoxy) is 1. The van der Waals surface area contributed by atoms with E-state index in [-0.39, 0.29) is 5.60 Å². The molecule has 0 radical (unpaired) electrons. The summed E-state index contributed by atoms with van der Waals surface area (Å²) in [6, 6.07) is 0.696. The SMILES string of the molecule is CCC(CC)C(NC)C1CCOC2(CCCC2)C1. The van der Waals surface area contributed by atoms with Crippen LogP contribution < -0.4 is 5.32 Å². The Morgan fingerprint density at radius 1 is 1.22 bits per heavy atom. The number of hydrogen-bond donors (Lipinski definition) is 1. The van der Waals surface area contributed by atoms with Gasteiger partial charge in [0.1, 0.15) is 0 Å². The zero-order chi connectivity index (χ0) is 13.0. The van der Waals surface area contributed by atoms with Crippen LogP contribution in [-0.2, 0) is 4.74 Å². The lowest BCUT2D eigenvalue weighted by Gasteiger charge is -2.43. The van der Waals surface area contributed by atoms with Crippen LogP contribution in [0.2, 0.25) is 0 Å². The maximum Gasteiger partial charge on any atom is 0.0685 e. The number of nitrogens with one attached hydrogen (secondary N) is 1. The van der Waals surface area contributed by atoms with Crippen molar-refractivity contribution in [2.24, 2.45) is 11.8 Å². The van der Waals surface area contributed by atoms with Gasteiger partial charge in [-0.15, -0.1) is 0 Å². The minimum absolute atomic E-state index is 0.268. The Balaban J connectivity index is 2.01. The topological polar surface area (TPSA) is 21.3 Å². The molecule has 0 amide bonds. The highest BCUT2D eigenvalue weighted by Crippen LogP contribution is 2.43. The molecule has 106 valence electrons. The fourth-order valence-electron chi connectivity index (χ4n) is 4.39. The Labute approximate surface area is 113 Å². The Morgan fingerprint density at radius 3 is 2.44 bits per heavy atom. The molecule has 2 heteroatoms. The average Bonchev–Trinajstić information content (AvgIpc) is 2.83. The van der Waals surface area contributed by atoms with Crippen LogP contribution in [0.15, 0.2) is 0 Å². The molecule has 1 spiro atoms. The molecule has 0 aromatic heterocycles. The van der Waals surface area contributed by atoms with Crippen molar-refractivity contribution in [1.29, 1.82) is 0 Å². The van der Waals surface area contributed by atoms with Gasteiger partial charge in [0.25, 0.3) is 0 Å². The van der Waals surface area contributed by atoms with Crippen molar-refractivity contribution < 1.29 is 4.74 Å². The van der Waals surface area contributed by atoms with E-state index in [1.54, 1.807) is 0 Å². The van der Waals surface area contributed by atoms with E-state index < -0.39 is 0 Å². The Hall–Kier alpha value is -0.0800. The molecule has 1 N–H and O–H groups in total. The van der Waals surface area contributed by atoms with E-state index in [1.807, 2.05) is 0 Å². The molecule has 2 unspecified atom stereocenters. The molecule has 1 saturated carbocycles. The summed E-state index contributed by atoms with van der Waals surface area (Å²) in [5.74, 6) is 1.66. The first-order valence-electron chi connectivity index (χ1n) is 8.06. The summed E-state index contributed by atoms with van der Waals surface area (Å²) in [5, 5.41) is 3.62. The highest BCUT2D eigenvalue weighted by molar-refractivity contribution is 4.95. The molecule has 0 aromatic rings. The van der Waals surface area contributed by atoms with Gasteiger partial charge in [-0.2, -0.15) is 0 Å². The van der Waals surface area contributed by atoms with Crippen molar-refractivity contribution in [3.63, 3.8) is 0 Å². The lowest BCUT2D eigenvalue weighted by molar-refractivity contribution is -0.101. The summed E-state index contributed by atoms with van der Waals surface area (Å²) in [5.41, 5.74) is 0.268. The van der Waals surface area contributed by atoms with Gasteiger partial charge in [0.15, 0.2) is 0 Å². The summed E-state index contributed by atoms with van der Waals surface area (Å²) in [6.45, 7) is 5.66. The number of rotatable bonds is 5. The standard InChI is InChI=1S/C16H31NO/c1-4-13(5-2)15(17-3)14-8-11-18-16(12-14)9-6-7-10-16/h13-15,17H,4-12H2,1-3H3. The lowest BCUT2D eigenvalue weighted by Crippen LogP contribution is -2.47. The van der Waals surface area contributed by atoms with Crippen LogP contribution in [0.3, 0.4) is 0 Å². The van der Waals surface area contributed by atoms with Crippen LogP contribution in [0.25, 0.3) is 0 Å². The van der Waals surface area contributed by atoms with E-state index >= 15 is 0 Å². The molecule has 1 heterocycles. The van der Waals surface area contributed by atoms with E-state index in [1.165, 1.54) is 51.4 Å². The van der Waals surface area contributed by atoms with E-state index in [0.29, 0.717) is 6.04 Å². The Morgan fingerprint density at radius 2 is 1.89 bits per heavy atom. The number of hydrogen-bond acceptors (Lipinski definition) is 2. The van der Waals surface area contributed by atoms with E-state index in [2.05, 4.69) is 26.2 Å². The predicted octanol–water partition coefficient (Wildman–Crippen LogP) is 3.75. The van der Waals surface area contributed by atoms with Gasteiger partial charge in [-0.05, 0) is 44.6 Å². The molecule has 2 aliphatic rings. The third-order valence-corrected chi connectivity index (χ3v) is 5.44. The first kappa shape index (κ1) is 14.3. The average molecular weight is 253 g/mol. The normalized spacial score (nSPS) is 29.0. The quantitative estimate of drug-likeness (QED) is 0.805. The third-order valence-electron chi connectivity index (χ3n) is 5.44. The van der Waals surface area contributed by atoms with Crippen molar-refractivity contribution in [3.05, 3.63) is 0 Å². The molecular formula is C16H31NO. The van der Waals surface area contributed by atoms with Crippen molar-refractivity contribution in [2.75, 3.05) is 13.7 Å². The van der Waals surface area contributed by atoms with Gasteiger partial charge < -0.3 is 10.1 Å². The minimum Gasteiger partial charge on any atom is -0.375 e. The second-order valence-corrected chi connectivity index (χ2v) is 6.38. The molecule has 1 aliphatic carbocycles. The zero-order valence-corrected chi connectivity index (χ0v) is 12.5. The van der Waals surface area contributed by atoms with Crippen LogP contribution in [0.5, 0.6) is 0 Å². The van der Waals surface area contributed by atoms with Gasteiger partial charge in [0.2, 0.25) is 0 Å². The molecular weight excluding hydrogens is 222 g/mol. The summed E-state index contributed by atoms with van der Waals surface area (Å²) in [7, 11) is 2.15. The van der Waals surface area contributed by atoms with Crippen LogP contribution in [-0.4, -0.2) is 25.3 Å². The molecule has 0 bridgehead atoms. The monoisotopic (exact) mass is 253 g/mol. The van der Waals surface area contributed by atoms with Gasteiger partial charge >= 0.3 is 0 Å². The second kappa shape index (κ2) is 6.38. The minimum atomic E-state index is 0.268. The summed E-state index contributed by atoms with van der Waals surface area (Å²) >= 11 is 0. The zero-order valence-electron chi connectivity index (χ0n) is 12.5. The smallest absolute Gasteiger partial charge is 0.0685 e. The maximum atomic E-state index is 6.17. The first-order chi connectivity index (χ1) is 8.74. The van der Waals surface area contributed by atoms with Crippen LogP contribution >= 0.6 is 0 Å². The molecule has 18 heavy (non-hydrogen) atoms. The third kappa shape index (κ3) is 2.91. The van der Waals surface area contributed by atoms with Crippen LogP contribution in [0, 0.1) is 11.8 Å². The van der Waals surface area contributed by atoms with E-state index in [9.17, 15) is 0 Å². The fourth-order valence-corrected chi connectivity index (χ4v) is 4.39. The second-order valence-electron chi connectivity index (χ2n) is 6.38. The molecule has 2 fully saturated rings. The first-order valence-corrected chi connectivity index (χ1v) is 8.06. The highest BCUT2D eigenvalue weighted by Gasteiger charge is 2.42. The summed E-state index contributed by atoms with van der Waals surface area (Å²) in [4.78, 5) is 0. The Kier molecular flexibility index (Phi) is 5.08. The van der Waals surface area contributed by atoms with Crippen LogP contribution in [0.4, 0.5) is 0 Å². The Bertz CT molecular complexity index is 243. The van der Waals surface area contributed by atoms with Crippen molar-refractivity contribution in [1.82, 2.24) is 5.32 Å². The molecule has 1 aliphatic heterocycles. The summed E-state index contributed by atoms with van der Waals surface area (Å²) < 4.78 is 6.17. The van der Waals surface area contributed by atoms with Gasteiger partial charge in [-0.3, -0.25) is 0 Å². The van der Waals surface area contributed by atoms with E-state index in [4.69, 9.17) is 4.74 Å². The fraction of sp³-hybridized carbons (Fsp3) is 1.00. The van der Waals surface area contributed by atoms with Crippen molar-refractivity contribution >= 4 is 0 Å². The van der Waals surface area contributed by atoms with Gasteiger partial charge in [-0.1, -0.05) is 39.5 Å². The van der Waals surface area contributed by atoms with Crippen molar-refractivity contribution in [3.8, 4) is 0 Å². The highest BCUT2D eigenvalue weighted by atomic mass is 16.5. The van der Waals surface area contributed by atoms with Crippen molar-refractivity contribution in [2.45, 2.75) is 76.9 Å². The van der Waals surface area contributed by atoms with Crippen LogP contribution in [0.1, 0.15) is 65.2 Å². The predicted molar refractivity (Wildman–Crippen MR) is 76.8 cm³/mol. The van der Waals surface area contributed by atoms with Gasteiger partial charge in [0.05, 0.1) is 5.60 Å². The lowest BCUT2D eigenvalue weighted by atomic mass is 9.75. The largest absolute Gasteiger partial charge is 0.375 e. The maximum absolute atomic E-state index is 6.17. The molecule has 2 atom stereocenters. The molecule has 2 rings (SSSR count). The van der Waals surface area contributed by atoms with Gasteiger partial charge in [0, 0.05) is 12.6 Å². The molecule has 1 saturated heterocycles. The van der Waals surface area contributed by atoms with Gasteiger partial charge in [-0.25, -0.2) is 0 Å². The van der Waals surface area contributed by atoms with E-state index in [0.717, 1.165) is 18.4 Å². The summed E-state index contributed by atoms with van der Waals surface area (Å²) in [6.07, 6.45) is 10.5. The molecule has 2 nitrogen and oxygen atoms in total.